The van der Waals surface area contributed by atoms with Crippen LogP contribution in [0.5, 0.6) is 0 Å². The van der Waals surface area contributed by atoms with Gasteiger partial charge in [-0.25, -0.2) is 30.7 Å². The van der Waals surface area contributed by atoms with Gasteiger partial charge in [-0.3, -0.25) is 0 Å². The Bertz CT molecular complexity index is 818. The lowest BCUT2D eigenvalue weighted by atomic mass is 10.1. The fraction of sp³-hybridized carbons (Fsp3) is 0.500. The Morgan fingerprint density at radius 1 is 1.08 bits per heavy atom. The monoisotopic (exact) mass is 392 g/mol. The summed E-state index contributed by atoms with van der Waals surface area (Å²) in [6.07, 6.45) is -4.18. The van der Waals surface area contributed by atoms with Gasteiger partial charge >= 0.3 is 6.18 Å². The van der Waals surface area contributed by atoms with Gasteiger partial charge in [0.15, 0.2) is 0 Å². The summed E-state index contributed by atoms with van der Waals surface area (Å²) in [5.74, 6) is -1.60. The van der Waals surface area contributed by atoms with Crippen molar-refractivity contribution in [3.8, 4) is 0 Å². The summed E-state index contributed by atoms with van der Waals surface area (Å²) in [5, 5.41) is 0. The van der Waals surface area contributed by atoms with Crippen molar-refractivity contribution in [1.82, 2.24) is 9.44 Å². The molecule has 0 saturated heterocycles. The highest BCUT2D eigenvalue weighted by atomic mass is 32.2. The smallest absolute Gasteiger partial charge is 0.213 e. The normalized spacial score (nSPS) is 14.0. The van der Waals surface area contributed by atoms with E-state index in [1.54, 1.807) is 0 Å². The Morgan fingerprint density at radius 3 is 2.08 bits per heavy atom. The molecular formula is C12H16F4N2O4S2. The molecule has 0 aliphatic carbocycles. The zero-order chi connectivity index (χ0) is 19.0. The molecule has 24 heavy (non-hydrogen) atoms. The molecule has 0 unspecified atom stereocenters. The Labute approximate surface area is 137 Å². The van der Waals surface area contributed by atoms with Crippen molar-refractivity contribution in [2.75, 3.05) is 12.8 Å². The average Bonchev–Trinajstić information content (AvgIpc) is 2.32. The topological polar surface area (TPSA) is 92.3 Å². The fourth-order valence-electron chi connectivity index (χ4n) is 1.79. The molecule has 0 aromatic heterocycles. The summed E-state index contributed by atoms with van der Waals surface area (Å²) >= 11 is 0. The second kappa shape index (κ2) is 6.58. The second-order valence-electron chi connectivity index (χ2n) is 5.72. The van der Waals surface area contributed by atoms with E-state index in [1.807, 2.05) is 4.72 Å². The number of rotatable bonds is 6. The van der Waals surface area contributed by atoms with Crippen molar-refractivity contribution in [2.24, 2.45) is 0 Å². The van der Waals surface area contributed by atoms with Crippen LogP contribution in [0.25, 0.3) is 0 Å². The first kappa shape index (κ1) is 20.8. The SMILES string of the molecule is CC(C)(CNS(=O)(=O)c1ccc(F)c(C(F)(F)F)c1)NS(C)(=O)=O. The lowest BCUT2D eigenvalue weighted by Crippen LogP contribution is -2.50. The highest BCUT2D eigenvalue weighted by molar-refractivity contribution is 7.89. The summed E-state index contributed by atoms with van der Waals surface area (Å²) in [6.45, 7) is 2.33. The lowest BCUT2D eigenvalue weighted by molar-refractivity contribution is -0.140. The highest BCUT2D eigenvalue weighted by Crippen LogP contribution is 2.32. The molecule has 1 aromatic rings. The van der Waals surface area contributed by atoms with Crippen LogP contribution in [0.1, 0.15) is 19.4 Å². The quantitative estimate of drug-likeness (QED) is 0.717. The minimum absolute atomic E-state index is 0.175. The molecule has 0 heterocycles. The van der Waals surface area contributed by atoms with E-state index in [1.165, 1.54) is 13.8 Å². The highest BCUT2D eigenvalue weighted by Gasteiger charge is 2.35. The predicted molar refractivity (Wildman–Crippen MR) is 78.6 cm³/mol. The van der Waals surface area contributed by atoms with Crippen LogP contribution in [-0.2, 0) is 26.2 Å². The summed E-state index contributed by atoms with van der Waals surface area (Å²) in [6, 6.07) is 1.26. The summed E-state index contributed by atoms with van der Waals surface area (Å²) in [4.78, 5) is -0.786. The number of hydrogen-bond donors (Lipinski definition) is 2. The van der Waals surface area contributed by atoms with E-state index in [2.05, 4.69) is 4.72 Å². The first-order valence-corrected chi connectivity index (χ1v) is 9.76. The Balaban J connectivity index is 3.06. The largest absolute Gasteiger partial charge is 0.419 e. The van der Waals surface area contributed by atoms with E-state index < -0.39 is 54.6 Å². The molecule has 0 radical (unpaired) electrons. The summed E-state index contributed by atoms with van der Waals surface area (Å²) < 4.78 is 102. The number of benzene rings is 1. The number of sulfonamides is 2. The molecule has 2 N–H and O–H groups in total. The second-order valence-corrected chi connectivity index (χ2v) is 9.24. The van der Waals surface area contributed by atoms with Gasteiger partial charge in [-0.05, 0) is 32.0 Å². The maximum atomic E-state index is 13.2. The minimum Gasteiger partial charge on any atom is -0.213 e. The van der Waals surface area contributed by atoms with Gasteiger partial charge in [0.05, 0.1) is 16.7 Å². The van der Waals surface area contributed by atoms with Gasteiger partial charge in [-0.15, -0.1) is 0 Å². The van der Waals surface area contributed by atoms with Crippen LogP contribution in [0.3, 0.4) is 0 Å². The molecule has 6 nitrogen and oxygen atoms in total. The fourth-order valence-corrected chi connectivity index (χ4v) is 4.10. The molecule has 0 bridgehead atoms. The third-order valence-corrected chi connectivity index (χ3v) is 5.04. The van der Waals surface area contributed by atoms with Crippen LogP contribution in [0.4, 0.5) is 17.6 Å². The molecule has 0 amide bonds. The molecule has 0 spiro atoms. The van der Waals surface area contributed by atoms with E-state index in [0.717, 1.165) is 6.26 Å². The van der Waals surface area contributed by atoms with Gasteiger partial charge in [0, 0.05) is 12.1 Å². The van der Waals surface area contributed by atoms with Crippen molar-refractivity contribution in [3.05, 3.63) is 29.6 Å². The standard InChI is InChI=1S/C12H16F4N2O4S2/c1-11(2,18-23(3,19)20)7-17-24(21,22)8-4-5-10(13)9(6-8)12(14,15)16/h4-6,17-18H,7H2,1-3H3. The third-order valence-electron chi connectivity index (χ3n) is 2.72. The van der Waals surface area contributed by atoms with Crippen molar-refractivity contribution >= 4 is 20.0 Å². The number of hydrogen-bond acceptors (Lipinski definition) is 4. The van der Waals surface area contributed by atoms with Crippen LogP contribution in [-0.4, -0.2) is 35.2 Å². The van der Waals surface area contributed by atoms with Gasteiger partial charge in [-0.2, -0.15) is 13.2 Å². The lowest BCUT2D eigenvalue weighted by Gasteiger charge is -2.25. The Hall–Kier alpha value is -1.24. The molecule has 0 atom stereocenters. The zero-order valence-electron chi connectivity index (χ0n) is 12.9. The van der Waals surface area contributed by atoms with Gasteiger partial charge in [0.2, 0.25) is 20.0 Å². The first-order valence-electron chi connectivity index (χ1n) is 6.39. The van der Waals surface area contributed by atoms with E-state index in [9.17, 15) is 34.4 Å². The molecule has 0 aliphatic rings. The van der Waals surface area contributed by atoms with Gasteiger partial charge in [-0.1, -0.05) is 0 Å². The molecule has 138 valence electrons. The van der Waals surface area contributed by atoms with Crippen LogP contribution < -0.4 is 9.44 Å². The van der Waals surface area contributed by atoms with E-state index in [4.69, 9.17) is 0 Å². The first-order chi connectivity index (χ1) is 10.5. The maximum Gasteiger partial charge on any atom is 0.419 e. The van der Waals surface area contributed by atoms with Crippen LogP contribution in [0, 0.1) is 5.82 Å². The Morgan fingerprint density at radius 2 is 1.62 bits per heavy atom. The van der Waals surface area contributed by atoms with Crippen molar-refractivity contribution in [3.63, 3.8) is 0 Å². The van der Waals surface area contributed by atoms with Gasteiger partial charge in [0.1, 0.15) is 5.82 Å². The van der Waals surface area contributed by atoms with Gasteiger partial charge < -0.3 is 0 Å². The molecule has 0 aliphatic heterocycles. The average molecular weight is 392 g/mol. The zero-order valence-corrected chi connectivity index (χ0v) is 14.5. The molecule has 1 aromatic carbocycles. The number of alkyl halides is 3. The molecule has 0 saturated carbocycles. The summed E-state index contributed by atoms with van der Waals surface area (Å²) in [7, 11) is -8.03. The summed E-state index contributed by atoms with van der Waals surface area (Å²) in [5.41, 5.74) is -2.94. The van der Waals surface area contributed by atoms with Crippen LogP contribution in [0.15, 0.2) is 23.1 Å². The Kier molecular flexibility index (Phi) is 5.70. The van der Waals surface area contributed by atoms with Crippen LogP contribution in [0.2, 0.25) is 0 Å². The minimum atomic E-state index is -5.05. The third kappa shape index (κ3) is 6.00. The van der Waals surface area contributed by atoms with E-state index in [-0.39, 0.29) is 6.07 Å². The molecule has 12 heteroatoms. The van der Waals surface area contributed by atoms with E-state index in [0.29, 0.717) is 12.1 Å². The molecule has 0 fully saturated rings. The van der Waals surface area contributed by atoms with Crippen LogP contribution >= 0.6 is 0 Å². The van der Waals surface area contributed by atoms with Gasteiger partial charge in [0.25, 0.3) is 0 Å². The maximum absolute atomic E-state index is 13.2. The van der Waals surface area contributed by atoms with Crippen molar-refractivity contribution < 1.29 is 34.4 Å². The molecular weight excluding hydrogens is 376 g/mol. The van der Waals surface area contributed by atoms with Crippen molar-refractivity contribution in [1.29, 1.82) is 0 Å². The predicted octanol–water partition coefficient (Wildman–Crippen LogP) is 1.45. The number of halogens is 4. The van der Waals surface area contributed by atoms with Crippen molar-refractivity contribution in [2.45, 2.75) is 30.5 Å². The number of nitrogens with one attached hydrogen (secondary N) is 2. The van der Waals surface area contributed by atoms with E-state index >= 15 is 0 Å². The molecule has 1 rings (SSSR count).